The van der Waals surface area contributed by atoms with E-state index in [-0.39, 0.29) is 11.6 Å². The van der Waals surface area contributed by atoms with Crippen molar-refractivity contribution in [3.05, 3.63) is 75.7 Å². The molecule has 1 amide bonds. The highest BCUT2D eigenvalue weighted by Gasteiger charge is 2.29. The monoisotopic (exact) mass is 639 g/mol. The lowest BCUT2D eigenvalue weighted by Crippen LogP contribution is -2.30. The van der Waals surface area contributed by atoms with Gasteiger partial charge in [0.05, 0.1) is 10.6 Å². The predicted octanol–water partition coefficient (Wildman–Crippen LogP) is 7.87. The van der Waals surface area contributed by atoms with Gasteiger partial charge >= 0.3 is 5.69 Å². The lowest BCUT2D eigenvalue weighted by atomic mass is 9.99. The highest BCUT2D eigenvalue weighted by atomic mass is 35.5. The molecular formula is C33H42ClN5O2S2. The number of aromatic nitrogens is 3. The van der Waals surface area contributed by atoms with E-state index in [0.29, 0.717) is 44.4 Å². The van der Waals surface area contributed by atoms with Gasteiger partial charge in [-0.1, -0.05) is 112 Å². The van der Waals surface area contributed by atoms with Gasteiger partial charge in [-0.15, -0.1) is 0 Å². The van der Waals surface area contributed by atoms with Crippen LogP contribution in [0.5, 0.6) is 0 Å². The van der Waals surface area contributed by atoms with E-state index in [1.54, 1.807) is 4.40 Å². The largest absolute Gasteiger partial charge is 0.352 e. The summed E-state index contributed by atoms with van der Waals surface area (Å²) in [7, 11) is 0. The fourth-order valence-electron chi connectivity index (χ4n) is 5.05. The first kappa shape index (κ1) is 33.2. The molecule has 7 nitrogen and oxygen atoms in total. The maximum absolute atomic E-state index is 14.2. The lowest BCUT2D eigenvalue weighted by molar-refractivity contribution is 0.0948. The summed E-state index contributed by atoms with van der Waals surface area (Å²) in [5.41, 5.74) is 1.91. The number of carbonyl (C=O) groups excluding carboxylic acids is 1. The van der Waals surface area contributed by atoms with Crippen LogP contribution in [0.3, 0.4) is 0 Å². The van der Waals surface area contributed by atoms with Gasteiger partial charge in [-0.05, 0) is 55.3 Å². The number of fused-ring (bicyclic) bond motifs is 1. The Labute approximate surface area is 268 Å². The van der Waals surface area contributed by atoms with Crippen molar-refractivity contribution in [3.8, 4) is 11.1 Å². The molecule has 0 saturated carbocycles. The summed E-state index contributed by atoms with van der Waals surface area (Å²) in [4.78, 5) is 39.1. The molecule has 1 unspecified atom stereocenters. The van der Waals surface area contributed by atoms with Crippen LogP contribution in [0.2, 0.25) is 5.02 Å². The number of hydrogen-bond acceptors (Lipinski definition) is 6. The highest BCUT2D eigenvalue weighted by molar-refractivity contribution is 7.99. The number of rotatable bonds is 16. The van der Waals surface area contributed by atoms with Gasteiger partial charge in [0, 0.05) is 34.3 Å². The lowest BCUT2D eigenvalue weighted by Gasteiger charge is -2.17. The van der Waals surface area contributed by atoms with Gasteiger partial charge in [0.25, 0.3) is 5.91 Å². The van der Waals surface area contributed by atoms with Gasteiger partial charge in [-0.25, -0.2) is 14.2 Å². The Balaban J connectivity index is 1.87. The summed E-state index contributed by atoms with van der Waals surface area (Å²) in [6.07, 6.45) is 4.30. The van der Waals surface area contributed by atoms with Crippen LogP contribution in [0.15, 0.2) is 74.5 Å². The average molecular weight is 640 g/mol. The van der Waals surface area contributed by atoms with Gasteiger partial charge < -0.3 is 10.2 Å². The zero-order valence-corrected chi connectivity index (χ0v) is 27.9. The summed E-state index contributed by atoms with van der Waals surface area (Å²) in [5.74, 6) is 0.931. The van der Waals surface area contributed by atoms with E-state index in [2.05, 4.69) is 42.9 Å². The number of benzene rings is 2. The van der Waals surface area contributed by atoms with Gasteiger partial charge in [-0.3, -0.25) is 9.78 Å². The molecule has 2 heterocycles. The van der Waals surface area contributed by atoms with Crippen LogP contribution >= 0.6 is 35.1 Å². The van der Waals surface area contributed by atoms with Gasteiger partial charge in [0.1, 0.15) is 0 Å². The number of thioether (sulfide) groups is 1. The molecule has 0 fully saturated rings. The molecule has 0 aliphatic rings. The molecular weight excluding hydrogens is 598 g/mol. The van der Waals surface area contributed by atoms with Crippen molar-refractivity contribution < 1.29 is 4.79 Å². The normalized spacial score (nSPS) is 12.2. The third-order valence-electron chi connectivity index (χ3n) is 7.68. The second kappa shape index (κ2) is 16.4. The minimum Gasteiger partial charge on any atom is -0.352 e. The number of nitrogens with one attached hydrogen (secondary N) is 2. The molecule has 2 N–H and O–H groups in total. The summed E-state index contributed by atoms with van der Waals surface area (Å²) in [6, 6.07) is 17.3. The number of carbonyl (C=O) groups is 1. The van der Waals surface area contributed by atoms with E-state index in [9.17, 15) is 9.59 Å². The van der Waals surface area contributed by atoms with Crippen molar-refractivity contribution in [2.45, 2.75) is 68.5 Å². The van der Waals surface area contributed by atoms with Crippen molar-refractivity contribution in [1.82, 2.24) is 24.6 Å². The molecule has 4 aromatic rings. The van der Waals surface area contributed by atoms with Crippen LogP contribution in [0, 0.1) is 5.92 Å². The third-order valence-corrected chi connectivity index (χ3v) is 9.87. The van der Waals surface area contributed by atoms with E-state index in [1.165, 1.54) is 23.5 Å². The predicted molar refractivity (Wildman–Crippen MR) is 181 cm³/mol. The zero-order valence-electron chi connectivity index (χ0n) is 25.5. The van der Waals surface area contributed by atoms with E-state index in [4.69, 9.17) is 16.6 Å². The first-order valence-corrected chi connectivity index (χ1v) is 17.4. The molecule has 10 heteroatoms. The number of hydrogen-bond donors (Lipinski definition) is 2. The van der Waals surface area contributed by atoms with E-state index >= 15 is 0 Å². The zero-order chi connectivity index (χ0) is 30.8. The first-order chi connectivity index (χ1) is 20.9. The highest BCUT2D eigenvalue weighted by Crippen LogP contribution is 2.41. The Kier molecular flexibility index (Phi) is 12.6. The fraction of sp³-hybridized carbons (Fsp3) is 0.424. The van der Waals surface area contributed by atoms with Crippen molar-refractivity contribution in [2.75, 3.05) is 31.9 Å². The number of amides is 1. The second-order valence-corrected chi connectivity index (χ2v) is 13.1. The number of unbranched alkanes of at least 4 members (excludes halogenated alkanes) is 1. The summed E-state index contributed by atoms with van der Waals surface area (Å²) >= 11 is 9.21. The molecule has 0 saturated heterocycles. The third kappa shape index (κ3) is 8.47. The fourth-order valence-corrected chi connectivity index (χ4v) is 7.13. The van der Waals surface area contributed by atoms with Gasteiger partial charge in [0.2, 0.25) is 0 Å². The van der Waals surface area contributed by atoms with Crippen molar-refractivity contribution in [1.29, 1.82) is 0 Å². The maximum atomic E-state index is 14.2. The average Bonchev–Trinajstić information content (AvgIpc) is 3.34. The molecule has 2 aromatic carbocycles. The summed E-state index contributed by atoms with van der Waals surface area (Å²) in [6.45, 7) is 12.0. The molecule has 0 aliphatic carbocycles. The molecule has 43 heavy (non-hydrogen) atoms. The molecule has 0 aliphatic heterocycles. The van der Waals surface area contributed by atoms with Crippen LogP contribution in [0.25, 0.3) is 16.8 Å². The number of aromatic amines is 1. The van der Waals surface area contributed by atoms with Crippen LogP contribution in [-0.4, -0.2) is 57.1 Å². The standard InChI is InChI=1S/C33H42ClN5O2S2/c1-5-9-13-23(6-2)22-35-30(40)28-27(24-16-18-25(34)19-17-24)31(43-26-14-11-10-12-15-26)39-29(28)36-32(37-33(39)41)42-21-20-38(7-3)8-4/h10-12,14-19,23H,5-9,13,20-22H2,1-4H3,(H,35,40)(H,36,37,41). The maximum Gasteiger partial charge on any atom is 0.334 e. The van der Waals surface area contributed by atoms with E-state index < -0.39 is 0 Å². The van der Waals surface area contributed by atoms with Gasteiger partial charge in [-0.2, -0.15) is 0 Å². The molecule has 4 rings (SSSR count). The topological polar surface area (TPSA) is 82.5 Å². The SMILES string of the molecule is CCCCC(CC)CNC(=O)c1c(-c2ccc(Cl)cc2)c(Sc2ccccc2)n2c(=O)[nH]c(SCCN(CC)CC)nc12. The Bertz CT molecular complexity index is 1540. The Morgan fingerprint density at radius 2 is 1.79 bits per heavy atom. The van der Waals surface area contributed by atoms with E-state index in [0.717, 1.165) is 61.5 Å². The quantitative estimate of drug-likeness (QED) is 0.121. The van der Waals surface area contributed by atoms with Crippen LogP contribution < -0.4 is 11.0 Å². The molecule has 2 aromatic heterocycles. The van der Waals surface area contributed by atoms with Crippen molar-refractivity contribution in [2.24, 2.45) is 5.92 Å². The molecule has 0 radical (unpaired) electrons. The minimum atomic E-state index is -0.322. The summed E-state index contributed by atoms with van der Waals surface area (Å²) in [5, 5.41) is 4.95. The van der Waals surface area contributed by atoms with Crippen molar-refractivity contribution >= 4 is 46.7 Å². The molecule has 230 valence electrons. The Morgan fingerprint density at radius 3 is 2.44 bits per heavy atom. The van der Waals surface area contributed by atoms with Gasteiger partial charge in [0.15, 0.2) is 10.8 Å². The van der Waals surface area contributed by atoms with Crippen LogP contribution in [0.1, 0.15) is 63.7 Å². The Morgan fingerprint density at radius 1 is 1.07 bits per heavy atom. The second-order valence-electron chi connectivity index (χ2n) is 10.5. The molecule has 0 bridgehead atoms. The van der Waals surface area contributed by atoms with Crippen molar-refractivity contribution in [3.63, 3.8) is 0 Å². The first-order valence-electron chi connectivity index (χ1n) is 15.2. The molecule has 1 atom stereocenters. The number of halogens is 1. The Hall–Kier alpha value is -2.72. The van der Waals surface area contributed by atoms with Crippen LogP contribution in [0.4, 0.5) is 0 Å². The number of H-pyrrole nitrogens is 1. The summed E-state index contributed by atoms with van der Waals surface area (Å²) < 4.78 is 1.55. The minimum absolute atomic E-state index is 0.227. The number of nitrogens with zero attached hydrogens (tertiary/aromatic N) is 3. The smallest absolute Gasteiger partial charge is 0.334 e. The molecule has 0 spiro atoms. The van der Waals surface area contributed by atoms with Crippen LogP contribution in [-0.2, 0) is 0 Å². The van der Waals surface area contributed by atoms with E-state index in [1.807, 2.05) is 54.6 Å².